The Hall–Kier alpha value is -1.89. The van der Waals surface area contributed by atoms with Crippen molar-refractivity contribution in [2.75, 3.05) is 45.9 Å². The molecule has 0 aliphatic carbocycles. The molecule has 0 saturated carbocycles. The highest BCUT2D eigenvalue weighted by Gasteiger charge is 2.43. The number of likely N-dealkylation sites (tertiary alicyclic amines) is 1. The van der Waals surface area contributed by atoms with Crippen LogP contribution in [-0.4, -0.2) is 89.2 Å². The van der Waals surface area contributed by atoms with Crippen molar-refractivity contribution < 1.29 is 9.53 Å². The smallest absolute Gasteiger partial charge is 0.253 e. The van der Waals surface area contributed by atoms with Crippen molar-refractivity contribution in [2.24, 2.45) is 0 Å². The monoisotopic (exact) mass is 424 g/mol. The van der Waals surface area contributed by atoms with Crippen LogP contribution in [0.3, 0.4) is 0 Å². The van der Waals surface area contributed by atoms with Crippen molar-refractivity contribution in [3.8, 4) is 0 Å². The molecule has 3 fully saturated rings. The van der Waals surface area contributed by atoms with Gasteiger partial charge in [0.2, 0.25) is 0 Å². The molecule has 1 N–H and O–H groups in total. The van der Waals surface area contributed by atoms with E-state index in [-0.39, 0.29) is 11.5 Å². The van der Waals surface area contributed by atoms with Gasteiger partial charge in [-0.1, -0.05) is 0 Å². The molecule has 1 unspecified atom stereocenters. The number of aromatic amines is 1. The fraction of sp³-hybridized carbons (Fsp3) is 0.640. The molecule has 1 amide bonds. The Morgan fingerprint density at radius 1 is 1.10 bits per heavy atom. The summed E-state index contributed by atoms with van der Waals surface area (Å²) in [5.74, 6) is 0.148. The summed E-state index contributed by atoms with van der Waals surface area (Å²) in [6, 6.07) is 9.23. The van der Waals surface area contributed by atoms with Crippen LogP contribution in [0.25, 0.3) is 10.9 Å². The number of carbonyl (C=O) groups is 1. The lowest BCUT2D eigenvalue weighted by Crippen LogP contribution is -2.58. The number of nitrogens with one attached hydrogen (secondary N) is 1. The summed E-state index contributed by atoms with van der Waals surface area (Å²) in [5, 5.41) is 1.09. The molecule has 3 aliphatic heterocycles. The number of hydrogen-bond acceptors (Lipinski definition) is 4. The Morgan fingerprint density at radius 3 is 2.61 bits per heavy atom. The zero-order chi connectivity index (χ0) is 21.4. The van der Waals surface area contributed by atoms with Crippen LogP contribution in [0.5, 0.6) is 0 Å². The summed E-state index contributed by atoms with van der Waals surface area (Å²) in [7, 11) is 0. The van der Waals surface area contributed by atoms with Crippen molar-refractivity contribution in [2.45, 2.75) is 57.2 Å². The van der Waals surface area contributed by atoms with E-state index in [1.54, 1.807) is 0 Å². The highest BCUT2D eigenvalue weighted by molar-refractivity contribution is 5.98. The second kappa shape index (κ2) is 8.57. The average Bonchev–Trinajstić information content (AvgIpc) is 3.27. The number of H-pyrrole nitrogens is 1. The van der Waals surface area contributed by atoms with Gasteiger partial charge in [0.15, 0.2) is 0 Å². The van der Waals surface area contributed by atoms with Crippen molar-refractivity contribution in [3.05, 3.63) is 36.0 Å². The first-order chi connectivity index (χ1) is 15.0. The van der Waals surface area contributed by atoms with E-state index in [9.17, 15) is 4.79 Å². The molecule has 6 nitrogen and oxygen atoms in total. The molecule has 0 bridgehead atoms. The second-order valence-corrected chi connectivity index (χ2v) is 9.92. The van der Waals surface area contributed by atoms with Crippen molar-refractivity contribution >= 4 is 16.8 Å². The molecule has 1 atom stereocenters. The Morgan fingerprint density at radius 2 is 1.87 bits per heavy atom. The summed E-state index contributed by atoms with van der Waals surface area (Å²) < 4.78 is 6.39. The van der Waals surface area contributed by atoms with Crippen LogP contribution in [-0.2, 0) is 4.74 Å². The molecule has 6 heteroatoms. The molecule has 31 heavy (non-hydrogen) atoms. The van der Waals surface area contributed by atoms with E-state index in [0.29, 0.717) is 12.1 Å². The summed E-state index contributed by atoms with van der Waals surface area (Å²) in [5.41, 5.74) is 1.82. The summed E-state index contributed by atoms with van der Waals surface area (Å²) in [6.07, 6.45) is 6.08. The summed E-state index contributed by atoms with van der Waals surface area (Å²) in [6.45, 7) is 11.7. The third-order valence-electron chi connectivity index (χ3n) is 7.82. The van der Waals surface area contributed by atoms with Gasteiger partial charge in [-0.15, -0.1) is 0 Å². The predicted octanol–water partition coefficient (Wildman–Crippen LogP) is 3.35. The second-order valence-electron chi connectivity index (χ2n) is 9.92. The molecule has 3 saturated heterocycles. The molecule has 5 rings (SSSR count). The van der Waals surface area contributed by atoms with Crippen LogP contribution < -0.4 is 0 Å². The van der Waals surface area contributed by atoms with E-state index in [2.05, 4.69) is 28.6 Å². The molecule has 1 aromatic carbocycles. The molecule has 3 aliphatic rings. The fourth-order valence-electron chi connectivity index (χ4n) is 5.77. The molecule has 0 radical (unpaired) electrons. The van der Waals surface area contributed by atoms with Gasteiger partial charge in [0.05, 0.1) is 5.60 Å². The number of rotatable bonds is 3. The predicted molar refractivity (Wildman–Crippen MR) is 123 cm³/mol. The number of benzene rings is 1. The number of aromatic nitrogens is 1. The maximum atomic E-state index is 13.1. The van der Waals surface area contributed by atoms with Gasteiger partial charge in [-0.25, -0.2) is 0 Å². The van der Waals surface area contributed by atoms with Gasteiger partial charge < -0.3 is 14.6 Å². The topological polar surface area (TPSA) is 51.8 Å². The van der Waals surface area contributed by atoms with Crippen LogP contribution >= 0.6 is 0 Å². The Bertz CT molecular complexity index is 907. The number of fused-ring (bicyclic) bond motifs is 1. The van der Waals surface area contributed by atoms with Crippen LogP contribution in [0.2, 0.25) is 0 Å². The summed E-state index contributed by atoms with van der Waals surface area (Å²) >= 11 is 0. The number of nitrogens with zero attached hydrogens (tertiary/aromatic N) is 3. The standard InChI is InChI=1S/C25H36N4O2/c1-19(2)27-12-14-28(15-13-27)22-6-16-31-25(18-22)7-10-29(11-8-25)24(30)21-3-4-23-20(17-21)5-9-26-23/h3-5,9,17,19,22,26H,6-8,10-16,18H2,1-2H3. The van der Waals surface area contributed by atoms with Crippen LogP contribution in [0.4, 0.5) is 0 Å². The average molecular weight is 425 g/mol. The van der Waals surface area contributed by atoms with Gasteiger partial charge in [-0.05, 0) is 63.8 Å². The fourth-order valence-corrected chi connectivity index (χ4v) is 5.77. The largest absolute Gasteiger partial charge is 0.375 e. The minimum Gasteiger partial charge on any atom is -0.375 e. The molecule has 168 valence electrons. The minimum absolute atomic E-state index is 0.0422. The zero-order valence-corrected chi connectivity index (χ0v) is 19.0. The van der Waals surface area contributed by atoms with E-state index >= 15 is 0 Å². The van der Waals surface area contributed by atoms with E-state index < -0.39 is 0 Å². The van der Waals surface area contributed by atoms with Crippen molar-refractivity contribution in [1.29, 1.82) is 0 Å². The maximum absolute atomic E-state index is 13.1. The van der Waals surface area contributed by atoms with Crippen molar-refractivity contribution in [3.63, 3.8) is 0 Å². The van der Waals surface area contributed by atoms with Gasteiger partial charge in [0.1, 0.15) is 0 Å². The van der Waals surface area contributed by atoms with E-state index in [1.165, 1.54) is 26.2 Å². The highest BCUT2D eigenvalue weighted by atomic mass is 16.5. The Labute approximate surface area is 185 Å². The number of ether oxygens (including phenoxy) is 1. The number of piperazine rings is 1. The Balaban J connectivity index is 1.18. The maximum Gasteiger partial charge on any atom is 0.253 e. The molecular formula is C25H36N4O2. The molecule has 1 spiro atoms. The third-order valence-corrected chi connectivity index (χ3v) is 7.82. The number of amides is 1. The first kappa shape index (κ1) is 21.0. The molecular weight excluding hydrogens is 388 g/mol. The van der Waals surface area contributed by atoms with Gasteiger partial charge in [0, 0.05) is 80.6 Å². The number of piperidine rings is 1. The van der Waals surface area contributed by atoms with E-state index in [0.717, 1.165) is 61.8 Å². The lowest BCUT2D eigenvalue weighted by Gasteiger charge is -2.50. The lowest BCUT2D eigenvalue weighted by atomic mass is 9.81. The van der Waals surface area contributed by atoms with Crippen LogP contribution in [0.1, 0.15) is 49.9 Å². The zero-order valence-electron chi connectivity index (χ0n) is 19.0. The van der Waals surface area contributed by atoms with Crippen molar-refractivity contribution in [1.82, 2.24) is 19.7 Å². The Kier molecular flexibility index (Phi) is 5.80. The van der Waals surface area contributed by atoms with Gasteiger partial charge in [-0.3, -0.25) is 14.6 Å². The van der Waals surface area contributed by atoms with Gasteiger partial charge in [0.25, 0.3) is 5.91 Å². The molecule has 2 aromatic rings. The van der Waals surface area contributed by atoms with Crippen LogP contribution in [0, 0.1) is 0 Å². The van der Waals surface area contributed by atoms with Crippen LogP contribution in [0.15, 0.2) is 30.5 Å². The lowest BCUT2D eigenvalue weighted by molar-refractivity contribution is -0.132. The van der Waals surface area contributed by atoms with E-state index in [4.69, 9.17) is 4.74 Å². The molecule has 1 aromatic heterocycles. The minimum atomic E-state index is -0.0422. The summed E-state index contributed by atoms with van der Waals surface area (Å²) in [4.78, 5) is 23.6. The van der Waals surface area contributed by atoms with Gasteiger partial charge >= 0.3 is 0 Å². The highest BCUT2D eigenvalue weighted by Crippen LogP contribution is 2.37. The first-order valence-corrected chi connectivity index (χ1v) is 12.0. The first-order valence-electron chi connectivity index (χ1n) is 12.0. The number of carbonyl (C=O) groups excluding carboxylic acids is 1. The third kappa shape index (κ3) is 4.26. The van der Waals surface area contributed by atoms with E-state index in [1.807, 2.05) is 35.4 Å². The number of hydrogen-bond donors (Lipinski definition) is 1. The normalized spacial score (nSPS) is 25.5. The quantitative estimate of drug-likeness (QED) is 0.821. The van der Waals surface area contributed by atoms with Gasteiger partial charge in [-0.2, -0.15) is 0 Å². The molecule has 4 heterocycles. The SMILES string of the molecule is CC(C)N1CCN(C2CCOC3(CCN(C(=O)c4ccc5[nH]ccc5c4)CC3)C2)CC1.